The molecule has 4 rings (SSSR count). The molecule has 1 aromatic heterocycles. The number of aromatic nitrogens is 1. The van der Waals surface area contributed by atoms with Crippen LogP contribution in [0.2, 0.25) is 10.0 Å². The highest BCUT2D eigenvalue weighted by Crippen LogP contribution is 2.33. The van der Waals surface area contributed by atoms with Gasteiger partial charge in [-0.05, 0) is 49.6 Å². The number of hydrazone groups is 1. The number of anilines is 2. The Morgan fingerprint density at radius 1 is 1.29 bits per heavy atom. The van der Waals surface area contributed by atoms with Crippen LogP contribution in [-0.2, 0) is 4.79 Å². The van der Waals surface area contributed by atoms with E-state index in [4.69, 9.17) is 23.2 Å². The summed E-state index contributed by atoms with van der Waals surface area (Å²) in [6.07, 6.45) is 3.43. The molecule has 1 saturated carbocycles. The standard InChI is InChI=1S/C21H21Cl2N5O3/c1-11-8-12(22)9-14(21(31)27(2)13-5-6-13)18(11)25-20(30)16-10-17(29)26-28(16)19-15(23)4-3-7-24-19/h3-4,7-9,13,16H,5-6,10H2,1-2H3,(H,25,30)(H,26,29). The third-order valence-corrected chi connectivity index (χ3v) is 5.86. The summed E-state index contributed by atoms with van der Waals surface area (Å²) in [6.45, 7) is 1.77. The number of aliphatic hydroxyl groups is 1. The number of aryl methyl sites for hydroxylation is 1. The lowest BCUT2D eigenvalue weighted by Gasteiger charge is -2.24. The third-order valence-electron chi connectivity index (χ3n) is 5.35. The van der Waals surface area contributed by atoms with Crippen LogP contribution in [0.5, 0.6) is 0 Å². The molecule has 1 aliphatic carbocycles. The van der Waals surface area contributed by atoms with Crippen LogP contribution < -0.4 is 10.3 Å². The minimum absolute atomic E-state index is 0.0172. The fourth-order valence-corrected chi connectivity index (χ4v) is 4.02. The van der Waals surface area contributed by atoms with Gasteiger partial charge in [0.25, 0.3) is 5.91 Å². The summed E-state index contributed by atoms with van der Waals surface area (Å²) in [6, 6.07) is 5.84. The minimum Gasteiger partial charge on any atom is -0.495 e. The summed E-state index contributed by atoms with van der Waals surface area (Å²) in [5, 5.41) is 18.8. The molecule has 2 amide bonds. The monoisotopic (exact) mass is 461 g/mol. The number of carbonyl (C=O) groups excluding carboxylic acids is 2. The van der Waals surface area contributed by atoms with Crippen molar-refractivity contribution in [2.24, 2.45) is 5.10 Å². The number of hydrogen-bond acceptors (Lipinski definition) is 5. The number of rotatable bonds is 5. The first-order chi connectivity index (χ1) is 14.8. The van der Waals surface area contributed by atoms with Gasteiger partial charge >= 0.3 is 0 Å². The zero-order valence-electron chi connectivity index (χ0n) is 17.0. The van der Waals surface area contributed by atoms with Crippen LogP contribution >= 0.6 is 23.2 Å². The highest BCUT2D eigenvalue weighted by molar-refractivity contribution is 6.33. The molecule has 1 fully saturated rings. The van der Waals surface area contributed by atoms with E-state index in [1.165, 1.54) is 11.2 Å². The van der Waals surface area contributed by atoms with Crippen molar-refractivity contribution in [3.8, 4) is 0 Å². The number of hydrogen-bond donors (Lipinski definition) is 2. The molecule has 0 radical (unpaired) electrons. The van der Waals surface area contributed by atoms with E-state index in [1.807, 2.05) is 0 Å². The van der Waals surface area contributed by atoms with Crippen molar-refractivity contribution in [1.82, 2.24) is 9.88 Å². The maximum absolute atomic E-state index is 13.2. The number of pyridine rings is 1. The number of aliphatic hydroxyl groups excluding tert-OH is 1. The van der Waals surface area contributed by atoms with Crippen LogP contribution in [0.15, 0.2) is 35.6 Å². The molecular weight excluding hydrogens is 441 g/mol. The molecule has 0 spiro atoms. The van der Waals surface area contributed by atoms with Crippen molar-refractivity contribution < 1.29 is 14.7 Å². The van der Waals surface area contributed by atoms with E-state index < -0.39 is 11.9 Å². The smallest absolute Gasteiger partial charge is 0.256 e. The molecule has 31 heavy (non-hydrogen) atoms. The predicted octanol–water partition coefficient (Wildman–Crippen LogP) is 4.02. The average Bonchev–Trinajstić information content (AvgIpc) is 3.50. The molecule has 2 N–H and O–H groups in total. The van der Waals surface area contributed by atoms with E-state index >= 15 is 0 Å². The van der Waals surface area contributed by atoms with Gasteiger partial charge in [-0.1, -0.05) is 23.2 Å². The number of carbonyl (C=O) groups is 2. The van der Waals surface area contributed by atoms with Crippen molar-refractivity contribution in [1.29, 1.82) is 0 Å². The van der Waals surface area contributed by atoms with Crippen molar-refractivity contribution in [2.45, 2.75) is 38.3 Å². The lowest BCUT2D eigenvalue weighted by atomic mass is 10.1. The van der Waals surface area contributed by atoms with Gasteiger partial charge in [-0.15, -0.1) is 5.10 Å². The first kappa shape index (κ1) is 21.4. The fourth-order valence-electron chi connectivity index (χ4n) is 3.54. The molecule has 1 atom stereocenters. The Labute approximate surface area is 189 Å². The van der Waals surface area contributed by atoms with Crippen LogP contribution in [0.4, 0.5) is 11.5 Å². The van der Waals surface area contributed by atoms with Gasteiger partial charge in [-0.2, -0.15) is 0 Å². The van der Waals surface area contributed by atoms with Gasteiger partial charge < -0.3 is 15.3 Å². The maximum Gasteiger partial charge on any atom is 0.256 e. The van der Waals surface area contributed by atoms with E-state index in [9.17, 15) is 14.7 Å². The first-order valence-corrected chi connectivity index (χ1v) is 10.6. The van der Waals surface area contributed by atoms with Gasteiger partial charge in [0, 0.05) is 24.3 Å². The normalized spacial score (nSPS) is 18.0. The van der Waals surface area contributed by atoms with Crippen LogP contribution in [0.3, 0.4) is 0 Å². The molecule has 2 heterocycles. The third kappa shape index (κ3) is 4.31. The molecule has 2 aliphatic rings. The summed E-state index contributed by atoms with van der Waals surface area (Å²) in [4.78, 5) is 32.1. The molecule has 1 unspecified atom stereocenters. The Morgan fingerprint density at radius 3 is 2.71 bits per heavy atom. The Bertz CT molecular complexity index is 1090. The number of amides is 2. The second-order valence-electron chi connectivity index (χ2n) is 7.67. The molecule has 10 heteroatoms. The van der Waals surface area contributed by atoms with E-state index in [0.29, 0.717) is 26.9 Å². The van der Waals surface area contributed by atoms with Gasteiger partial charge in [0.05, 0.1) is 22.7 Å². The molecule has 162 valence electrons. The fraction of sp³-hybridized carbons (Fsp3) is 0.333. The van der Waals surface area contributed by atoms with Gasteiger partial charge in [-0.3, -0.25) is 9.59 Å². The molecule has 0 bridgehead atoms. The lowest BCUT2D eigenvalue weighted by Crippen LogP contribution is -2.40. The number of halogens is 2. The summed E-state index contributed by atoms with van der Waals surface area (Å²) in [5.74, 6) is -0.618. The molecule has 1 aromatic carbocycles. The van der Waals surface area contributed by atoms with Crippen LogP contribution in [0.1, 0.15) is 35.2 Å². The van der Waals surface area contributed by atoms with Gasteiger partial charge in [-0.25, -0.2) is 9.99 Å². The highest BCUT2D eigenvalue weighted by Gasteiger charge is 2.37. The van der Waals surface area contributed by atoms with Gasteiger partial charge in [0.15, 0.2) is 5.82 Å². The summed E-state index contributed by atoms with van der Waals surface area (Å²) < 4.78 is 0. The predicted molar refractivity (Wildman–Crippen MR) is 120 cm³/mol. The second kappa shape index (κ2) is 8.36. The Kier molecular flexibility index (Phi) is 5.77. The maximum atomic E-state index is 13.2. The van der Waals surface area contributed by atoms with E-state index in [2.05, 4.69) is 15.4 Å². The van der Waals surface area contributed by atoms with Crippen molar-refractivity contribution >= 4 is 52.4 Å². The van der Waals surface area contributed by atoms with Gasteiger partial charge in [0.2, 0.25) is 11.8 Å². The highest BCUT2D eigenvalue weighted by atomic mass is 35.5. The first-order valence-electron chi connectivity index (χ1n) is 9.80. The number of nitrogens with zero attached hydrogens (tertiary/aromatic N) is 4. The molecular formula is C21H21Cl2N5O3. The topological polar surface area (TPSA) is 98.1 Å². The average molecular weight is 462 g/mol. The zero-order valence-corrected chi connectivity index (χ0v) is 18.5. The van der Waals surface area contributed by atoms with Crippen LogP contribution in [0.25, 0.3) is 0 Å². The van der Waals surface area contributed by atoms with E-state index in [0.717, 1.165) is 12.8 Å². The van der Waals surface area contributed by atoms with E-state index in [1.54, 1.807) is 43.1 Å². The Morgan fingerprint density at radius 2 is 2.03 bits per heavy atom. The van der Waals surface area contributed by atoms with Gasteiger partial charge in [0.1, 0.15) is 6.04 Å². The van der Waals surface area contributed by atoms with Crippen molar-refractivity contribution in [3.63, 3.8) is 0 Å². The number of benzene rings is 1. The number of nitrogens with one attached hydrogen (secondary N) is 1. The summed E-state index contributed by atoms with van der Waals surface area (Å²) in [5.41, 5.74) is 1.35. The Balaban J connectivity index is 1.64. The van der Waals surface area contributed by atoms with Crippen molar-refractivity contribution in [2.75, 3.05) is 17.4 Å². The zero-order chi connectivity index (χ0) is 22.3. The lowest BCUT2D eigenvalue weighted by molar-refractivity contribution is -0.117. The summed E-state index contributed by atoms with van der Waals surface area (Å²) in [7, 11) is 1.75. The molecule has 2 aromatic rings. The minimum atomic E-state index is -0.883. The molecule has 0 saturated heterocycles. The van der Waals surface area contributed by atoms with Crippen molar-refractivity contribution in [3.05, 3.63) is 51.6 Å². The quantitative estimate of drug-likeness (QED) is 0.700. The second-order valence-corrected chi connectivity index (χ2v) is 8.51. The largest absolute Gasteiger partial charge is 0.495 e. The van der Waals surface area contributed by atoms with Crippen LogP contribution in [-0.4, -0.2) is 51.8 Å². The van der Waals surface area contributed by atoms with Crippen LogP contribution in [0, 0.1) is 6.92 Å². The Hall–Kier alpha value is -2.84. The SMILES string of the molecule is Cc1cc(Cl)cc(C(=O)N(C)C2CC2)c1NC(=O)C1CC(O)=NN1c1ncccc1Cl. The van der Waals surface area contributed by atoms with E-state index in [-0.39, 0.29) is 30.1 Å². The molecule has 1 aliphatic heterocycles. The summed E-state index contributed by atoms with van der Waals surface area (Å²) >= 11 is 12.4. The molecule has 8 nitrogen and oxygen atoms in total.